The zero-order chi connectivity index (χ0) is 9.19. The van der Waals surface area contributed by atoms with Gasteiger partial charge in [0, 0.05) is 0 Å². The minimum Gasteiger partial charge on any atom is -0.0958 e. The van der Waals surface area contributed by atoms with Crippen LogP contribution in [-0.2, 0) is 0 Å². The van der Waals surface area contributed by atoms with Crippen molar-refractivity contribution in [2.75, 3.05) is 0 Å². The fraction of sp³-hybridized carbons (Fsp3) is 0.667. The molecule has 0 bridgehead atoms. The maximum atomic E-state index is 3.98. The van der Waals surface area contributed by atoms with Crippen molar-refractivity contribution in [1.29, 1.82) is 0 Å². The number of hydrogen-bond donors (Lipinski definition) is 0. The lowest BCUT2D eigenvalue weighted by Gasteiger charge is -2.31. The highest BCUT2D eigenvalue weighted by molar-refractivity contribution is 5.28. The van der Waals surface area contributed by atoms with E-state index in [1.165, 1.54) is 36.8 Å². The molecule has 1 aliphatic carbocycles. The van der Waals surface area contributed by atoms with Crippen molar-refractivity contribution in [2.45, 2.75) is 46.5 Å². The lowest BCUT2D eigenvalue weighted by atomic mass is 9.74. The van der Waals surface area contributed by atoms with Gasteiger partial charge in [0.05, 0.1) is 0 Å². The maximum absolute atomic E-state index is 3.98. The van der Waals surface area contributed by atoms with Gasteiger partial charge in [0.25, 0.3) is 0 Å². The van der Waals surface area contributed by atoms with Crippen LogP contribution in [0.5, 0.6) is 0 Å². The van der Waals surface area contributed by atoms with Crippen LogP contribution < -0.4 is 0 Å². The van der Waals surface area contributed by atoms with Crippen LogP contribution in [0.25, 0.3) is 0 Å². The van der Waals surface area contributed by atoms with Gasteiger partial charge in [-0.1, -0.05) is 38.5 Å². The standard InChI is InChI=1S/C12H20/c1-5-12(4)8-6-11(7-9-12)10(2)3/h6H,2,5,7-9H2,1,3-4H3. The molecule has 0 aromatic heterocycles. The predicted octanol–water partition coefficient (Wildman–Crippen LogP) is 4.09. The molecule has 12 heavy (non-hydrogen) atoms. The van der Waals surface area contributed by atoms with Crippen LogP contribution in [0.15, 0.2) is 23.8 Å². The third kappa shape index (κ3) is 2.00. The normalized spacial score (nSPS) is 29.8. The first-order chi connectivity index (χ1) is 5.57. The zero-order valence-corrected chi connectivity index (χ0v) is 8.61. The first-order valence-electron chi connectivity index (χ1n) is 4.92. The van der Waals surface area contributed by atoms with Crippen molar-refractivity contribution < 1.29 is 0 Å². The van der Waals surface area contributed by atoms with Crippen LogP contribution in [0.2, 0.25) is 0 Å². The summed E-state index contributed by atoms with van der Waals surface area (Å²) in [6.07, 6.45) is 7.50. The highest BCUT2D eigenvalue weighted by Crippen LogP contribution is 2.38. The van der Waals surface area contributed by atoms with Crippen molar-refractivity contribution in [1.82, 2.24) is 0 Å². The molecule has 1 atom stereocenters. The summed E-state index contributed by atoms with van der Waals surface area (Å²) in [4.78, 5) is 0. The Morgan fingerprint density at radius 3 is 2.67 bits per heavy atom. The molecule has 0 nitrogen and oxygen atoms in total. The molecule has 0 aliphatic heterocycles. The van der Waals surface area contributed by atoms with Gasteiger partial charge >= 0.3 is 0 Å². The number of hydrogen-bond acceptors (Lipinski definition) is 0. The Labute approximate surface area is 76.4 Å². The van der Waals surface area contributed by atoms with Gasteiger partial charge in [-0.3, -0.25) is 0 Å². The molecule has 0 fully saturated rings. The Morgan fingerprint density at radius 1 is 1.67 bits per heavy atom. The third-order valence-corrected chi connectivity index (χ3v) is 3.24. The monoisotopic (exact) mass is 164 g/mol. The SMILES string of the molecule is C=C(C)C1=CCC(C)(CC)CC1. The fourth-order valence-electron chi connectivity index (χ4n) is 1.72. The van der Waals surface area contributed by atoms with Gasteiger partial charge in [-0.15, -0.1) is 0 Å². The molecule has 0 heteroatoms. The third-order valence-electron chi connectivity index (χ3n) is 3.24. The van der Waals surface area contributed by atoms with E-state index in [2.05, 4.69) is 33.4 Å². The Balaban J connectivity index is 2.64. The van der Waals surface area contributed by atoms with Crippen LogP contribution in [0.1, 0.15) is 46.5 Å². The first-order valence-corrected chi connectivity index (χ1v) is 4.92. The van der Waals surface area contributed by atoms with Gasteiger partial charge < -0.3 is 0 Å². The van der Waals surface area contributed by atoms with E-state index in [-0.39, 0.29) is 0 Å². The van der Waals surface area contributed by atoms with Crippen LogP contribution in [0.4, 0.5) is 0 Å². The molecule has 0 radical (unpaired) electrons. The van der Waals surface area contributed by atoms with E-state index < -0.39 is 0 Å². The Morgan fingerprint density at radius 2 is 2.33 bits per heavy atom. The van der Waals surface area contributed by atoms with Gasteiger partial charge in [0.1, 0.15) is 0 Å². The lowest BCUT2D eigenvalue weighted by molar-refractivity contribution is 0.277. The molecule has 0 aromatic carbocycles. The largest absolute Gasteiger partial charge is 0.0958 e. The van der Waals surface area contributed by atoms with Gasteiger partial charge in [-0.2, -0.15) is 0 Å². The Kier molecular flexibility index (Phi) is 2.76. The second kappa shape index (κ2) is 3.47. The minimum absolute atomic E-state index is 0.568. The van der Waals surface area contributed by atoms with E-state index in [4.69, 9.17) is 0 Å². The zero-order valence-electron chi connectivity index (χ0n) is 8.61. The van der Waals surface area contributed by atoms with Crippen LogP contribution in [0.3, 0.4) is 0 Å². The van der Waals surface area contributed by atoms with E-state index in [9.17, 15) is 0 Å². The summed E-state index contributed by atoms with van der Waals surface area (Å²) in [6.45, 7) is 10.8. The summed E-state index contributed by atoms with van der Waals surface area (Å²) in [6, 6.07) is 0. The highest BCUT2D eigenvalue weighted by Gasteiger charge is 2.24. The van der Waals surface area contributed by atoms with Crippen molar-refractivity contribution in [2.24, 2.45) is 5.41 Å². The van der Waals surface area contributed by atoms with Gasteiger partial charge in [-0.25, -0.2) is 0 Å². The summed E-state index contributed by atoms with van der Waals surface area (Å²) in [7, 11) is 0. The second-order valence-corrected chi connectivity index (χ2v) is 4.38. The highest BCUT2D eigenvalue weighted by atomic mass is 14.3. The lowest BCUT2D eigenvalue weighted by Crippen LogP contribution is -2.18. The molecule has 1 unspecified atom stereocenters. The van der Waals surface area contributed by atoms with Gasteiger partial charge in [-0.05, 0) is 37.2 Å². The van der Waals surface area contributed by atoms with E-state index >= 15 is 0 Å². The average molecular weight is 164 g/mol. The quantitative estimate of drug-likeness (QED) is 0.576. The van der Waals surface area contributed by atoms with E-state index in [1.807, 2.05) is 0 Å². The molecule has 68 valence electrons. The minimum atomic E-state index is 0.568. The first kappa shape index (κ1) is 9.57. The molecule has 0 N–H and O–H groups in total. The summed E-state index contributed by atoms with van der Waals surface area (Å²) in [5.41, 5.74) is 3.31. The molecule has 1 rings (SSSR count). The van der Waals surface area contributed by atoms with Crippen LogP contribution in [0, 0.1) is 5.41 Å². The van der Waals surface area contributed by atoms with E-state index in [1.54, 1.807) is 0 Å². The van der Waals surface area contributed by atoms with E-state index in [0.29, 0.717) is 5.41 Å². The van der Waals surface area contributed by atoms with Crippen LogP contribution >= 0.6 is 0 Å². The molecule has 0 amide bonds. The summed E-state index contributed by atoms with van der Waals surface area (Å²) in [5.74, 6) is 0. The number of rotatable bonds is 2. The summed E-state index contributed by atoms with van der Waals surface area (Å²) in [5, 5.41) is 0. The van der Waals surface area contributed by atoms with Crippen LogP contribution in [-0.4, -0.2) is 0 Å². The van der Waals surface area contributed by atoms with Crippen molar-refractivity contribution >= 4 is 0 Å². The number of allylic oxidation sites excluding steroid dienone is 3. The van der Waals surface area contributed by atoms with Crippen molar-refractivity contribution in [3.8, 4) is 0 Å². The molecule has 0 saturated carbocycles. The van der Waals surface area contributed by atoms with Crippen molar-refractivity contribution in [3.05, 3.63) is 23.8 Å². The summed E-state index contributed by atoms with van der Waals surface area (Å²) < 4.78 is 0. The smallest absolute Gasteiger partial charge is 0.0274 e. The predicted molar refractivity (Wildman–Crippen MR) is 55.1 cm³/mol. The molecular formula is C12H20. The average Bonchev–Trinajstić information content (AvgIpc) is 2.05. The molecule has 0 aromatic rings. The second-order valence-electron chi connectivity index (χ2n) is 4.38. The fourth-order valence-corrected chi connectivity index (χ4v) is 1.72. The molecule has 0 spiro atoms. The molecule has 1 aliphatic rings. The summed E-state index contributed by atoms with van der Waals surface area (Å²) >= 11 is 0. The Hall–Kier alpha value is -0.520. The van der Waals surface area contributed by atoms with Crippen molar-refractivity contribution in [3.63, 3.8) is 0 Å². The Bertz CT molecular complexity index is 210. The topological polar surface area (TPSA) is 0 Å². The van der Waals surface area contributed by atoms with Gasteiger partial charge in [0.15, 0.2) is 0 Å². The maximum Gasteiger partial charge on any atom is -0.0274 e. The molecule has 0 heterocycles. The van der Waals surface area contributed by atoms with Gasteiger partial charge in [0.2, 0.25) is 0 Å². The molecular weight excluding hydrogens is 144 g/mol. The molecule has 0 saturated heterocycles. The van der Waals surface area contributed by atoms with E-state index in [0.717, 1.165) is 0 Å².